The van der Waals surface area contributed by atoms with Crippen LogP contribution in [-0.4, -0.2) is 24.1 Å². The summed E-state index contributed by atoms with van der Waals surface area (Å²) in [4.78, 5) is 14.6. The molecule has 0 radical (unpaired) electrons. The smallest absolute Gasteiger partial charge is 0.231 e. The molecule has 1 heterocycles. The Bertz CT molecular complexity index is 1140. The lowest BCUT2D eigenvalue weighted by Crippen LogP contribution is -2.27. The van der Waals surface area contributed by atoms with Crippen LogP contribution in [0.25, 0.3) is 0 Å². The van der Waals surface area contributed by atoms with E-state index in [9.17, 15) is 9.18 Å². The van der Waals surface area contributed by atoms with Crippen LogP contribution in [0.1, 0.15) is 23.1 Å². The summed E-state index contributed by atoms with van der Waals surface area (Å²) in [5.74, 6) is 0.845. The maximum Gasteiger partial charge on any atom is 0.231 e. The summed E-state index contributed by atoms with van der Waals surface area (Å²) in [6.45, 7) is 1.72. The van der Waals surface area contributed by atoms with Gasteiger partial charge in [0.1, 0.15) is 5.82 Å². The summed E-state index contributed by atoms with van der Waals surface area (Å²) >= 11 is 0. The molecule has 1 amide bonds. The molecule has 7 heteroatoms. The van der Waals surface area contributed by atoms with Gasteiger partial charge in [-0.2, -0.15) is 5.26 Å². The van der Waals surface area contributed by atoms with Gasteiger partial charge in [-0.15, -0.1) is 0 Å². The summed E-state index contributed by atoms with van der Waals surface area (Å²) in [5.41, 5.74) is 3.07. The molecule has 32 heavy (non-hydrogen) atoms. The van der Waals surface area contributed by atoms with Crippen molar-refractivity contribution in [2.24, 2.45) is 0 Å². The van der Waals surface area contributed by atoms with Gasteiger partial charge in [-0.25, -0.2) is 4.39 Å². The first-order valence-electron chi connectivity index (χ1n) is 10.2. The zero-order chi connectivity index (χ0) is 22.3. The first kappa shape index (κ1) is 21.3. The molecule has 1 aliphatic rings. The number of nitrogens with zero attached hydrogens (tertiary/aromatic N) is 2. The Morgan fingerprint density at radius 3 is 2.56 bits per heavy atom. The van der Waals surface area contributed by atoms with Crippen LogP contribution in [0, 0.1) is 17.1 Å². The molecule has 6 nitrogen and oxygen atoms in total. The number of amides is 1. The normalized spacial score (nSPS) is 11.9. The van der Waals surface area contributed by atoms with Gasteiger partial charge in [-0.05, 0) is 47.5 Å². The van der Waals surface area contributed by atoms with Crippen molar-refractivity contribution in [2.45, 2.75) is 19.5 Å². The zero-order valence-corrected chi connectivity index (χ0v) is 17.4. The highest BCUT2D eigenvalue weighted by molar-refractivity contribution is 5.91. The van der Waals surface area contributed by atoms with Crippen LogP contribution in [-0.2, 0) is 17.9 Å². The highest BCUT2D eigenvalue weighted by atomic mass is 19.1. The number of hydrogen-bond acceptors (Lipinski definition) is 5. The average molecular weight is 431 g/mol. The van der Waals surface area contributed by atoms with Crippen LogP contribution < -0.4 is 14.8 Å². The first-order chi connectivity index (χ1) is 15.6. The van der Waals surface area contributed by atoms with E-state index >= 15 is 0 Å². The molecule has 0 saturated heterocycles. The molecule has 0 aromatic heterocycles. The van der Waals surface area contributed by atoms with Gasteiger partial charge < -0.3 is 14.8 Å². The van der Waals surface area contributed by atoms with Crippen molar-refractivity contribution >= 4 is 11.6 Å². The zero-order valence-electron chi connectivity index (χ0n) is 17.4. The van der Waals surface area contributed by atoms with Crippen LogP contribution in [0.2, 0.25) is 0 Å². The minimum absolute atomic E-state index is 0.132. The van der Waals surface area contributed by atoms with E-state index < -0.39 is 0 Å². The molecule has 3 aromatic carbocycles. The van der Waals surface area contributed by atoms with Gasteiger partial charge in [-0.3, -0.25) is 9.69 Å². The fourth-order valence-electron chi connectivity index (χ4n) is 3.51. The van der Waals surface area contributed by atoms with Crippen LogP contribution >= 0.6 is 0 Å². The van der Waals surface area contributed by atoms with E-state index in [4.69, 9.17) is 14.7 Å². The molecule has 0 aliphatic carbocycles. The predicted octanol–water partition coefficient (Wildman–Crippen LogP) is 4.46. The molecule has 0 fully saturated rings. The third kappa shape index (κ3) is 5.62. The Kier molecular flexibility index (Phi) is 6.63. The largest absolute Gasteiger partial charge is 0.454 e. The molecule has 1 aliphatic heterocycles. The number of fused-ring (bicyclic) bond motifs is 1. The lowest BCUT2D eigenvalue weighted by Gasteiger charge is -2.22. The Balaban J connectivity index is 1.40. The SMILES string of the molecule is N#Cc1ccc(CN(CCC(=O)Nc2ccc3c(c2)OCO3)Cc2cccc(F)c2)cc1. The van der Waals surface area contributed by atoms with E-state index in [1.54, 1.807) is 36.4 Å². The molecular weight excluding hydrogens is 409 g/mol. The molecule has 0 saturated carbocycles. The second kappa shape index (κ2) is 9.94. The van der Waals surface area contributed by atoms with Crippen molar-refractivity contribution in [3.8, 4) is 17.6 Å². The number of anilines is 1. The van der Waals surface area contributed by atoms with Crippen molar-refractivity contribution in [1.82, 2.24) is 4.90 Å². The quantitative estimate of drug-likeness (QED) is 0.570. The van der Waals surface area contributed by atoms with E-state index in [0.717, 1.165) is 11.1 Å². The van der Waals surface area contributed by atoms with E-state index in [-0.39, 0.29) is 24.9 Å². The van der Waals surface area contributed by atoms with Gasteiger partial charge in [0, 0.05) is 37.8 Å². The monoisotopic (exact) mass is 431 g/mol. The van der Waals surface area contributed by atoms with Crippen molar-refractivity contribution in [2.75, 3.05) is 18.7 Å². The minimum atomic E-state index is -0.290. The van der Waals surface area contributed by atoms with Gasteiger partial charge in [0.05, 0.1) is 11.6 Å². The third-order valence-electron chi connectivity index (χ3n) is 5.10. The van der Waals surface area contributed by atoms with Crippen molar-refractivity contribution in [3.63, 3.8) is 0 Å². The number of hydrogen-bond donors (Lipinski definition) is 1. The Hall–Kier alpha value is -3.89. The fraction of sp³-hybridized carbons (Fsp3) is 0.200. The average Bonchev–Trinajstić information content (AvgIpc) is 3.26. The second-order valence-electron chi connectivity index (χ2n) is 7.52. The Morgan fingerprint density at radius 1 is 1.00 bits per heavy atom. The molecule has 0 atom stereocenters. The molecule has 0 bridgehead atoms. The lowest BCUT2D eigenvalue weighted by atomic mass is 10.1. The molecule has 1 N–H and O–H groups in total. The summed E-state index contributed by atoms with van der Waals surface area (Å²) in [6.07, 6.45) is 0.264. The van der Waals surface area contributed by atoms with Gasteiger partial charge in [0.2, 0.25) is 12.7 Å². The van der Waals surface area contributed by atoms with Crippen LogP contribution in [0.4, 0.5) is 10.1 Å². The number of halogens is 1. The predicted molar refractivity (Wildman–Crippen MR) is 117 cm³/mol. The van der Waals surface area contributed by atoms with Crippen molar-refractivity contribution in [1.29, 1.82) is 5.26 Å². The number of nitrogens with one attached hydrogen (secondary N) is 1. The number of rotatable bonds is 8. The fourth-order valence-corrected chi connectivity index (χ4v) is 3.51. The molecule has 162 valence electrons. The maximum absolute atomic E-state index is 13.6. The maximum atomic E-state index is 13.6. The van der Waals surface area contributed by atoms with Crippen LogP contribution in [0.15, 0.2) is 66.7 Å². The molecule has 0 unspecified atom stereocenters. The molecule has 3 aromatic rings. The Labute approximate surface area is 185 Å². The number of carbonyl (C=O) groups is 1. The van der Waals surface area contributed by atoms with Crippen molar-refractivity contribution in [3.05, 3.63) is 89.2 Å². The molecule has 0 spiro atoms. The van der Waals surface area contributed by atoms with Crippen LogP contribution in [0.3, 0.4) is 0 Å². The lowest BCUT2D eigenvalue weighted by molar-refractivity contribution is -0.116. The Morgan fingerprint density at radius 2 is 1.78 bits per heavy atom. The first-order valence-corrected chi connectivity index (χ1v) is 10.2. The van der Waals surface area contributed by atoms with Gasteiger partial charge >= 0.3 is 0 Å². The third-order valence-corrected chi connectivity index (χ3v) is 5.10. The number of benzene rings is 3. The summed E-state index contributed by atoms with van der Waals surface area (Å²) in [6, 6.07) is 21.1. The standard InChI is InChI=1S/C25H22FN3O3/c26-21-3-1-2-20(12-21)16-29(15-19-6-4-18(14-27)5-7-19)11-10-25(30)28-22-8-9-23-24(13-22)32-17-31-23/h1-9,12-13H,10-11,15-17H2,(H,28,30). The highest BCUT2D eigenvalue weighted by Crippen LogP contribution is 2.34. The van der Waals surface area contributed by atoms with Gasteiger partial charge in [0.15, 0.2) is 11.5 Å². The second-order valence-corrected chi connectivity index (χ2v) is 7.52. The molecule has 4 rings (SSSR count). The van der Waals surface area contributed by atoms with Gasteiger partial charge in [0.25, 0.3) is 0 Å². The van der Waals surface area contributed by atoms with E-state index in [2.05, 4.69) is 16.3 Å². The number of carbonyl (C=O) groups excluding carboxylic acids is 1. The van der Waals surface area contributed by atoms with E-state index in [1.807, 2.05) is 18.2 Å². The van der Waals surface area contributed by atoms with Crippen LogP contribution in [0.5, 0.6) is 11.5 Å². The van der Waals surface area contributed by atoms with Crippen molar-refractivity contribution < 1.29 is 18.7 Å². The van der Waals surface area contributed by atoms with Gasteiger partial charge in [-0.1, -0.05) is 24.3 Å². The topological polar surface area (TPSA) is 74.6 Å². The summed E-state index contributed by atoms with van der Waals surface area (Å²) in [7, 11) is 0. The summed E-state index contributed by atoms with van der Waals surface area (Å²) < 4.78 is 24.3. The highest BCUT2D eigenvalue weighted by Gasteiger charge is 2.15. The van der Waals surface area contributed by atoms with E-state index in [0.29, 0.717) is 42.4 Å². The summed E-state index contributed by atoms with van der Waals surface area (Å²) in [5, 5.41) is 11.9. The number of nitriles is 1. The number of ether oxygens (including phenoxy) is 2. The van der Waals surface area contributed by atoms with E-state index in [1.165, 1.54) is 12.1 Å². The minimum Gasteiger partial charge on any atom is -0.454 e. The molecular formula is C25H22FN3O3.